The predicted molar refractivity (Wildman–Crippen MR) is 144 cm³/mol. The van der Waals surface area contributed by atoms with Gasteiger partial charge in [-0.25, -0.2) is 4.48 Å². The molecule has 5 rings (SSSR count). The van der Waals surface area contributed by atoms with Crippen molar-refractivity contribution in [2.45, 2.75) is 43.9 Å². The molecule has 37 heavy (non-hydrogen) atoms. The minimum atomic E-state index is -4.26. The Bertz CT molecular complexity index is 1620. The molecule has 3 aliphatic heterocycles. The molecule has 0 aromatic heterocycles. The highest BCUT2D eigenvalue weighted by Crippen LogP contribution is 2.60. The summed E-state index contributed by atoms with van der Waals surface area (Å²) < 4.78 is 68.9. The number of hydrogen-bond donors (Lipinski definition) is 2. The zero-order chi connectivity index (χ0) is 27.0. The molecule has 1 saturated heterocycles. The highest BCUT2D eigenvalue weighted by molar-refractivity contribution is 7.86. The van der Waals surface area contributed by atoms with Crippen LogP contribution >= 0.6 is 0 Å². The van der Waals surface area contributed by atoms with Gasteiger partial charge in [0.2, 0.25) is 5.69 Å². The minimum absolute atomic E-state index is 0.0811. The van der Waals surface area contributed by atoms with Crippen LogP contribution in [0.15, 0.2) is 72.5 Å². The van der Waals surface area contributed by atoms with Crippen LogP contribution in [0.5, 0.6) is 0 Å². The molecular formula is C27H32N2O6S2+2. The monoisotopic (exact) mass is 544 g/mol. The first-order valence-corrected chi connectivity index (χ1v) is 15.3. The third kappa shape index (κ3) is 4.02. The smallest absolute Gasteiger partial charge is 0.285 e. The average molecular weight is 545 g/mol. The SMILES string of the molecule is CC1(C)C(C=C/C=C2\C(C)(C)c3ccccc3[N+]23CC3S(=O)(=O)O)=[N+](CCS(=O)(=O)O)c2ccccc21. The molecule has 2 atom stereocenters. The summed E-state index contributed by atoms with van der Waals surface area (Å²) in [5.74, 6) is -0.409. The van der Waals surface area contributed by atoms with Crippen LogP contribution in [0.1, 0.15) is 38.8 Å². The number of allylic oxidation sites excluding steroid dienone is 4. The molecule has 0 radical (unpaired) electrons. The van der Waals surface area contributed by atoms with Crippen molar-refractivity contribution < 1.29 is 30.5 Å². The van der Waals surface area contributed by atoms with Crippen molar-refractivity contribution in [2.75, 3.05) is 18.8 Å². The quantitative estimate of drug-likeness (QED) is 0.247. The number of quaternary nitrogens is 1. The molecule has 2 unspecified atom stereocenters. The zero-order valence-electron chi connectivity index (χ0n) is 21.3. The molecule has 0 amide bonds. The van der Waals surface area contributed by atoms with E-state index in [0.29, 0.717) is 0 Å². The average Bonchev–Trinajstić information content (AvgIpc) is 3.48. The fourth-order valence-electron chi connectivity index (χ4n) is 6.30. The van der Waals surface area contributed by atoms with Crippen molar-refractivity contribution in [3.05, 3.63) is 83.6 Å². The summed E-state index contributed by atoms with van der Waals surface area (Å²) in [4.78, 5) is 0. The van der Waals surface area contributed by atoms with Crippen LogP contribution in [-0.2, 0) is 31.1 Å². The standard InChI is InChI=1S/C27H30N2O6S2/c1-26(2)19-10-5-7-12-21(19)28(16-17-36(30,31)32)23(26)14-9-15-24-27(3,4)20-11-6-8-13-22(20)29(24)18-25(29)37(33,34)35/h5-15,25H,16-18H2,1-4H3/p+2/b14-9?,24-15+. The Labute approximate surface area is 218 Å². The molecule has 0 saturated carbocycles. The van der Waals surface area contributed by atoms with Crippen LogP contribution < -0.4 is 4.48 Å². The van der Waals surface area contributed by atoms with Gasteiger partial charge in [0, 0.05) is 23.3 Å². The molecule has 1 spiro atoms. The van der Waals surface area contributed by atoms with Crippen LogP contribution in [-0.4, -0.2) is 60.4 Å². The lowest BCUT2D eigenvalue weighted by Gasteiger charge is -2.21. The summed E-state index contributed by atoms with van der Waals surface area (Å²) in [5, 5.41) is -0.943. The normalized spacial score (nSPS) is 26.8. The highest BCUT2D eigenvalue weighted by atomic mass is 32.2. The van der Waals surface area contributed by atoms with Gasteiger partial charge in [-0.2, -0.15) is 21.4 Å². The number of benzene rings is 2. The van der Waals surface area contributed by atoms with Crippen molar-refractivity contribution in [1.29, 1.82) is 0 Å². The zero-order valence-corrected chi connectivity index (χ0v) is 22.9. The van der Waals surface area contributed by atoms with Crippen molar-refractivity contribution in [1.82, 2.24) is 4.48 Å². The van der Waals surface area contributed by atoms with E-state index in [1.165, 1.54) is 0 Å². The number of fused-ring (bicyclic) bond motifs is 3. The molecule has 1 fully saturated rings. The number of nitrogens with zero attached hydrogens (tertiary/aromatic N) is 2. The van der Waals surface area contributed by atoms with Crippen LogP contribution in [0.4, 0.5) is 11.4 Å². The first-order valence-electron chi connectivity index (χ1n) is 12.1. The van der Waals surface area contributed by atoms with Gasteiger partial charge in [-0.3, -0.25) is 9.11 Å². The molecule has 8 nitrogen and oxygen atoms in total. The van der Waals surface area contributed by atoms with E-state index in [1.54, 1.807) is 0 Å². The number of rotatable bonds is 6. The number of hydrogen-bond acceptors (Lipinski definition) is 4. The van der Waals surface area contributed by atoms with Crippen molar-refractivity contribution in [3.8, 4) is 0 Å². The van der Waals surface area contributed by atoms with Gasteiger partial charge in [0.05, 0.1) is 10.8 Å². The van der Waals surface area contributed by atoms with Crippen molar-refractivity contribution in [3.63, 3.8) is 0 Å². The van der Waals surface area contributed by atoms with Crippen LogP contribution in [0.2, 0.25) is 0 Å². The molecule has 0 aliphatic carbocycles. The summed E-state index contributed by atoms with van der Waals surface area (Å²) >= 11 is 0. The third-order valence-corrected chi connectivity index (χ3v) is 10.00. The van der Waals surface area contributed by atoms with Crippen molar-refractivity contribution in [2.24, 2.45) is 0 Å². The van der Waals surface area contributed by atoms with E-state index in [4.69, 9.17) is 0 Å². The second-order valence-electron chi connectivity index (χ2n) is 11.0. The Balaban J connectivity index is 1.61. The molecule has 2 aromatic rings. The van der Waals surface area contributed by atoms with E-state index < -0.39 is 42.2 Å². The fourth-order valence-corrected chi connectivity index (χ4v) is 7.82. The maximum absolute atomic E-state index is 12.2. The molecule has 0 bridgehead atoms. The maximum atomic E-state index is 12.2. The van der Waals surface area contributed by atoms with Gasteiger partial charge < -0.3 is 0 Å². The maximum Gasteiger partial charge on any atom is 0.326 e. The molecule has 3 aliphatic rings. The van der Waals surface area contributed by atoms with Gasteiger partial charge in [0.15, 0.2) is 18.8 Å². The highest BCUT2D eigenvalue weighted by Gasteiger charge is 2.73. The molecule has 10 heteroatoms. The third-order valence-electron chi connectivity index (χ3n) is 8.10. The summed E-state index contributed by atoms with van der Waals surface area (Å²) in [6, 6.07) is 15.5. The fraction of sp³-hybridized carbons (Fsp3) is 0.370. The summed E-state index contributed by atoms with van der Waals surface area (Å²) in [7, 11) is -8.42. The Morgan fingerprint density at radius 3 is 2.19 bits per heavy atom. The second kappa shape index (κ2) is 8.18. The molecule has 2 aromatic carbocycles. The van der Waals surface area contributed by atoms with E-state index >= 15 is 0 Å². The van der Waals surface area contributed by atoms with Gasteiger partial charge in [-0.05, 0) is 39.8 Å². The number of para-hydroxylation sites is 2. The molecule has 3 heterocycles. The summed E-state index contributed by atoms with van der Waals surface area (Å²) in [5.41, 5.74) is 4.68. The van der Waals surface area contributed by atoms with Gasteiger partial charge in [0.1, 0.15) is 17.1 Å². The minimum Gasteiger partial charge on any atom is -0.285 e. The Hall–Kier alpha value is -2.63. The Morgan fingerprint density at radius 1 is 0.946 bits per heavy atom. The van der Waals surface area contributed by atoms with Crippen molar-refractivity contribution >= 4 is 37.3 Å². The van der Waals surface area contributed by atoms with E-state index in [9.17, 15) is 25.9 Å². The van der Waals surface area contributed by atoms with E-state index in [2.05, 4.69) is 27.7 Å². The lowest BCUT2D eigenvalue weighted by atomic mass is 9.81. The first-order chi connectivity index (χ1) is 17.1. The second-order valence-corrected chi connectivity index (χ2v) is 14.2. The molecular weight excluding hydrogens is 512 g/mol. The van der Waals surface area contributed by atoms with E-state index in [1.807, 2.05) is 71.3 Å². The van der Waals surface area contributed by atoms with Crippen LogP contribution in [0.25, 0.3) is 0 Å². The molecule has 2 N–H and O–H groups in total. The lowest BCUT2D eigenvalue weighted by molar-refractivity contribution is -0.432. The van der Waals surface area contributed by atoms with Crippen LogP contribution in [0, 0.1) is 0 Å². The van der Waals surface area contributed by atoms with Gasteiger partial charge in [-0.15, -0.1) is 0 Å². The Morgan fingerprint density at radius 2 is 1.57 bits per heavy atom. The van der Waals surface area contributed by atoms with Gasteiger partial charge in [0.25, 0.3) is 15.5 Å². The van der Waals surface area contributed by atoms with E-state index in [0.717, 1.165) is 33.9 Å². The molecule has 196 valence electrons. The van der Waals surface area contributed by atoms with Crippen LogP contribution in [0.3, 0.4) is 0 Å². The topological polar surface area (TPSA) is 112 Å². The Kier molecular flexibility index (Phi) is 5.75. The first kappa shape index (κ1) is 26.0. The summed E-state index contributed by atoms with van der Waals surface area (Å²) in [6.45, 7) is 8.60. The summed E-state index contributed by atoms with van der Waals surface area (Å²) in [6.07, 6.45) is 5.74. The van der Waals surface area contributed by atoms with Gasteiger partial charge >= 0.3 is 10.1 Å². The largest absolute Gasteiger partial charge is 0.326 e. The lowest BCUT2D eigenvalue weighted by Crippen LogP contribution is -2.33. The van der Waals surface area contributed by atoms with Gasteiger partial charge in [-0.1, -0.05) is 42.5 Å². The predicted octanol–water partition coefficient (Wildman–Crippen LogP) is 3.92. The van der Waals surface area contributed by atoms with E-state index in [-0.39, 0.29) is 17.6 Å².